The molecule has 0 fully saturated rings. The fourth-order valence-corrected chi connectivity index (χ4v) is 4.05. The van der Waals surface area contributed by atoms with Crippen LogP contribution in [0.25, 0.3) is 0 Å². The molecule has 3 aromatic rings. The van der Waals surface area contributed by atoms with Crippen molar-refractivity contribution in [3.63, 3.8) is 0 Å². The highest BCUT2D eigenvalue weighted by atomic mass is 31.2. The van der Waals surface area contributed by atoms with Crippen molar-refractivity contribution in [3.05, 3.63) is 89.5 Å². The van der Waals surface area contributed by atoms with Crippen LogP contribution < -0.4 is 13.6 Å². The predicted molar refractivity (Wildman–Crippen MR) is 117 cm³/mol. The van der Waals surface area contributed by atoms with Crippen LogP contribution in [0.2, 0.25) is 0 Å². The summed E-state index contributed by atoms with van der Waals surface area (Å²) in [5.41, 5.74) is 3.50. The minimum atomic E-state index is -3.96. The minimum Gasteiger partial charge on any atom is -0.386 e. The van der Waals surface area contributed by atoms with E-state index in [-0.39, 0.29) is 0 Å². The Hall–Kier alpha value is -2.71. The molecule has 3 rings (SSSR count). The van der Waals surface area contributed by atoms with Crippen molar-refractivity contribution in [3.8, 4) is 17.2 Å². The van der Waals surface area contributed by atoms with Gasteiger partial charge in [0.2, 0.25) is 0 Å². The fraction of sp³-hybridized carbons (Fsp3) is 0.250. The van der Waals surface area contributed by atoms with E-state index in [9.17, 15) is 4.57 Å². The number of benzene rings is 3. The Bertz CT molecular complexity index is 820. The summed E-state index contributed by atoms with van der Waals surface area (Å²) in [5.74, 6) is 1.29. The third-order valence-corrected chi connectivity index (χ3v) is 5.95. The number of phosphoric ester groups is 1. The van der Waals surface area contributed by atoms with Gasteiger partial charge in [0.1, 0.15) is 17.2 Å². The predicted octanol–water partition coefficient (Wildman–Crippen LogP) is 7.02. The zero-order valence-electron chi connectivity index (χ0n) is 17.1. The first-order valence-corrected chi connectivity index (χ1v) is 11.4. The molecule has 4 nitrogen and oxygen atoms in total. The topological polar surface area (TPSA) is 44.8 Å². The fourth-order valence-electron chi connectivity index (χ4n) is 2.80. The zero-order chi connectivity index (χ0) is 20.7. The highest BCUT2D eigenvalue weighted by Gasteiger charge is 2.33. The molecule has 3 aromatic carbocycles. The molecule has 29 heavy (non-hydrogen) atoms. The van der Waals surface area contributed by atoms with Crippen molar-refractivity contribution in [2.24, 2.45) is 0 Å². The first kappa shape index (κ1) is 21.0. The van der Waals surface area contributed by atoms with Gasteiger partial charge >= 0.3 is 7.82 Å². The second-order valence-electron chi connectivity index (χ2n) is 6.71. The Morgan fingerprint density at radius 3 is 0.966 bits per heavy atom. The molecule has 0 N–H and O–H groups in total. The molecule has 0 aliphatic carbocycles. The smallest absolute Gasteiger partial charge is 0.386 e. The van der Waals surface area contributed by atoms with Gasteiger partial charge in [0.25, 0.3) is 0 Å². The largest absolute Gasteiger partial charge is 0.647 e. The Kier molecular flexibility index (Phi) is 7.00. The molecule has 0 unspecified atom stereocenters. The van der Waals surface area contributed by atoms with Gasteiger partial charge in [0.15, 0.2) is 0 Å². The zero-order valence-corrected chi connectivity index (χ0v) is 18.0. The van der Waals surface area contributed by atoms with Crippen LogP contribution in [0.1, 0.15) is 37.5 Å². The van der Waals surface area contributed by atoms with Crippen molar-refractivity contribution in [2.75, 3.05) is 0 Å². The number of rotatable bonds is 9. The minimum absolute atomic E-state index is 0.431. The molecule has 0 aliphatic heterocycles. The van der Waals surface area contributed by atoms with Crippen LogP contribution in [0.5, 0.6) is 17.2 Å². The Morgan fingerprint density at radius 1 is 0.517 bits per heavy atom. The van der Waals surface area contributed by atoms with Crippen LogP contribution in [0.15, 0.2) is 72.8 Å². The van der Waals surface area contributed by atoms with Gasteiger partial charge in [-0.05, 0) is 72.4 Å². The molecule has 0 amide bonds. The SMILES string of the molecule is CCc1ccc(OP(=O)(Oc2ccc(CC)cc2)Oc2ccc(CC)cc2)cc1. The number of phosphoric acid groups is 1. The van der Waals surface area contributed by atoms with Gasteiger partial charge in [-0.3, -0.25) is 0 Å². The molecule has 0 spiro atoms. The van der Waals surface area contributed by atoms with Crippen LogP contribution in [-0.4, -0.2) is 0 Å². The maximum absolute atomic E-state index is 13.5. The third-order valence-electron chi connectivity index (χ3n) is 4.65. The Balaban J connectivity index is 1.85. The molecule has 0 radical (unpaired) electrons. The summed E-state index contributed by atoms with van der Waals surface area (Å²) in [6.07, 6.45) is 2.75. The summed E-state index contributed by atoms with van der Waals surface area (Å²) in [6, 6.07) is 22.3. The summed E-state index contributed by atoms with van der Waals surface area (Å²) < 4.78 is 30.7. The molecule has 0 aliphatic rings. The average molecular weight is 410 g/mol. The molecule has 5 heteroatoms. The maximum Gasteiger partial charge on any atom is 0.647 e. The normalized spacial score (nSPS) is 11.1. The molecule has 0 saturated carbocycles. The highest BCUT2D eigenvalue weighted by molar-refractivity contribution is 7.49. The molecule has 152 valence electrons. The molecule has 0 atom stereocenters. The van der Waals surface area contributed by atoms with E-state index in [1.54, 1.807) is 36.4 Å². The van der Waals surface area contributed by atoms with E-state index >= 15 is 0 Å². The lowest BCUT2D eigenvalue weighted by Crippen LogP contribution is -2.07. The Labute approximate surface area is 173 Å². The van der Waals surface area contributed by atoms with Crippen molar-refractivity contribution in [1.29, 1.82) is 0 Å². The van der Waals surface area contributed by atoms with Crippen molar-refractivity contribution >= 4 is 7.82 Å². The number of hydrogen-bond donors (Lipinski definition) is 0. The summed E-state index contributed by atoms with van der Waals surface area (Å²) >= 11 is 0. The lowest BCUT2D eigenvalue weighted by Gasteiger charge is -2.20. The van der Waals surface area contributed by atoms with E-state index in [1.165, 1.54) is 16.7 Å². The second-order valence-corrected chi connectivity index (χ2v) is 8.16. The average Bonchev–Trinajstić information content (AvgIpc) is 2.75. The van der Waals surface area contributed by atoms with E-state index in [1.807, 2.05) is 36.4 Å². The maximum atomic E-state index is 13.5. The summed E-state index contributed by atoms with van der Waals surface area (Å²) in [4.78, 5) is 0. The van der Waals surface area contributed by atoms with Gasteiger partial charge in [-0.15, -0.1) is 0 Å². The Morgan fingerprint density at radius 2 is 0.759 bits per heavy atom. The van der Waals surface area contributed by atoms with Gasteiger partial charge in [-0.25, -0.2) is 0 Å². The lowest BCUT2D eigenvalue weighted by molar-refractivity contribution is 0.298. The molecule has 0 saturated heterocycles. The monoisotopic (exact) mass is 410 g/mol. The van der Waals surface area contributed by atoms with Crippen LogP contribution >= 0.6 is 7.82 Å². The van der Waals surface area contributed by atoms with Gasteiger partial charge < -0.3 is 13.6 Å². The van der Waals surface area contributed by atoms with E-state index in [2.05, 4.69) is 20.8 Å². The molecular weight excluding hydrogens is 383 g/mol. The lowest BCUT2D eigenvalue weighted by atomic mass is 10.2. The van der Waals surface area contributed by atoms with Crippen molar-refractivity contribution in [1.82, 2.24) is 0 Å². The van der Waals surface area contributed by atoms with E-state index in [0.29, 0.717) is 17.2 Å². The van der Waals surface area contributed by atoms with Gasteiger partial charge in [0.05, 0.1) is 0 Å². The van der Waals surface area contributed by atoms with Crippen LogP contribution in [0, 0.1) is 0 Å². The van der Waals surface area contributed by atoms with Crippen LogP contribution in [-0.2, 0) is 23.8 Å². The summed E-state index contributed by atoms with van der Waals surface area (Å²) in [6.45, 7) is 6.23. The van der Waals surface area contributed by atoms with Crippen LogP contribution in [0.3, 0.4) is 0 Å². The quantitative estimate of drug-likeness (QED) is 0.356. The first-order valence-electron chi connectivity index (χ1n) is 9.99. The third kappa shape index (κ3) is 5.88. The summed E-state index contributed by atoms with van der Waals surface area (Å²) in [7, 11) is -3.96. The van der Waals surface area contributed by atoms with E-state index in [0.717, 1.165) is 19.3 Å². The molecule has 0 bridgehead atoms. The number of hydrogen-bond acceptors (Lipinski definition) is 4. The second kappa shape index (κ2) is 9.67. The van der Waals surface area contributed by atoms with Gasteiger partial charge in [-0.1, -0.05) is 57.2 Å². The number of aryl methyl sites for hydroxylation is 3. The standard InChI is InChI=1S/C24H27O4P/c1-4-19-7-13-22(14-8-19)26-29(25,27-23-15-9-20(5-2)10-16-23)28-24-17-11-21(6-3)12-18-24/h7-18H,4-6H2,1-3H3. The van der Waals surface area contributed by atoms with Gasteiger partial charge in [0, 0.05) is 0 Å². The van der Waals surface area contributed by atoms with Crippen molar-refractivity contribution in [2.45, 2.75) is 40.0 Å². The molecule has 0 heterocycles. The molecule has 0 aromatic heterocycles. The molecular formula is C24H27O4P. The summed E-state index contributed by atoms with van der Waals surface area (Å²) in [5, 5.41) is 0. The highest BCUT2D eigenvalue weighted by Crippen LogP contribution is 2.49. The van der Waals surface area contributed by atoms with Gasteiger partial charge in [-0.2, -0.15) is 4.57 Å². The van der Waals surface area contributed by atoms with Crippen molar-refractivity contribution < 1.29 is 18.1 Å². The van der Waals surface area contributed by atoms with E-state index in [4.69, 9.17) is 13.6 Å². The van der Waals surface area contributed by atoms with Crippen LogP contribution in [0.4, 0.5) is 0 Å². The van der Waals surface area contributed by atoms with E-state index < -0.39 is 7.82 Å². The first-order chi connectivity index (χ1) is 14.0.